The van der Waals surface area contributed by atoms with Crippen molar-refractivity contribution in [3.63, 3.8) is 0 Å². The number of ether oxygens (including phenoxy) is 2. The van der Waals surface area contributed by atoms with Crippen LogP contribution in [0.4, 0.5) is 0 Å². The molecule has 0 aromatic heterocycles. The third-order valence-electron chi connectivity index (χ3n) is 3.15. The van der Waals surface area contributed by atoms with Gasteiger partial charge in [0.25, 0.3) is 0 Å². The van der Waals surface area contributed by atoms with Gasteiger partial charge in [-0.3, -0.25) is 0 Å². The van der Waals surface area contributed by atoms with Crippen LogP contribution in [0.1, 0.15) is 32.3 Å². The molecule has 1 N–H and O–H groups in total. The Hall–Kier alpha value is -1.55. The Bertz CT molecular complexity index is 395. The molecule has 0 radical (unpaired) electrons. The molecular formula is C14H20O4. The van der Waals surface area contributed by atoms with Gasteiger partial charge < -0.3 is 14.6 Å². The van der Waals surface area contributed by atoms with Gasteiger partial charge in [-0.25, -0.2) is 4.79 Å². The lowest BCUT2D eigenvalue weighted by molar-refractivity contribution is -0.165. The van der Waals surface area contributed by atoms with E-state index in [1.54, 1.807) is 33.1 Å². The minimum atomic E-state index is -1.54. The summed E-state index contributed by atoms with van der Waals surface area (Å²) in [5.41, 5.74) is -0.682. The second kappa shape index (κ2) is 5.87. The second-order valence-corrected chi connectivity index (χ2v) is 4.36. The average molecular weight is 252 g/mol. The van der Waals surface area contributed by atoms with E-state index >= 15 is 0 Å². The van der Waals surface area contributed by atoms with Crippen LogP contribution in [0.2, 0.25) is 0 Å². The minimum Gasteiger partial charge on any atom is -0.497 e. The molecule has 18 heavy (non-hydrogen) atoms. The van der Waals surface area contributed by atoms with Gasteiger partial charge in [0.1, 0.15) is 5.75 Å². The molecule has 1 aromatic carbocycles. The van der Waals surface area contributed by atoms with Crippen LogP contribution in [-0.2, 0) is 9.53 Å². The van der Waals surface area contributed by atoms with Crippen LogP contribution in [0, 0.1) is 0 Å². The van der Waals surface area contributed by atoms with Crippen molar-refractivity contribution in [3.8, 4) is 5.75 Å². The Morgan fingerprint density at radius 3 is 2.39 bits per heavy atom. The molecule has 0 bridgehead atoms. The van der Waals surface area contributed by atoms with E-state index < -0.39 is 11.6 Å². The Morgan fingerprint density at radius 2 is 1.94 bits per heavy atom. The molecule has 0 aliphatic rings. The third-order valence-corrected chi connectivity index (χ3v) is 3.15. The van der Waals surface area contributed by atoms with Crippen LogP contribution >= 0.6 is 0 Å². The Balaban J connectivity index is 2.90. The smallest absolute Gasteiger partial charge is 0.338 e. The second-order valence-electron chi connectivity index (χ2n) is 4.36. The molecule has 0 heterocycles. The van der Waals surface area contributed by atoms with Crippen molar-refractivity contribution in [2.45, 2.75) is 32.3 Å². The number of hydrogen-bond donors (Lipinski definition) is 1. The average Bonchev–Trinajstić information content (AvgIpc) is 2.38. The summed E-state index contributed by atoms with van der Waals surface area (Å²) < 4.78 is 9.95. The normalized spacial score (nSPS) is 15.6. The zero-order valence-corrected chi connectivity index (χ0v) is 11.3. The van der Waals surface area contributed by atoms with E-state index in [0.29, 0.717) is 0 Å². The molecule has 0 aliphatic heterocycles. The lowest BCUT2D eigenvalue weighted by Gasteiger charge is -2.28. The number of methoxy groups -OCH3 is 1. The molecule has 1 aromatic rings. The zero-order chi connectivity index (χ0) is 13.8. The predicted molar refractivity (Wildman–Crippen MR) is 68.7 cm³/mol. The van der Waals surface area contributed by atoms with Crippen LogP contribution in [0.5, 0.6) is 5.75 Å². The Morgan fingerprint density at radius 1 is 1.39 bits per heavy atom. The number of aliphatic hydroxyl groups is 1. The molecule has 4 heteroatoms. The Labute approximate surface area is 108 Å². The van der Waals surface area contributed by atoms with Crippen LogP contribution in [-0.4, -0.2) is 30.4 Å². The van der Waals surface area contributed by atoms with Crippen molar-refractivity contribution < 1.29 is 19.4 Å². The highest BCUT2D eigenvalue weighted by Gasteiger charge is 2.38. The van der Waals surface area contributed by atoms with E-state index in [1.165, 1.54) is 6.92 Å². The molecule has 2 atom stereocenters. The molecule has 0 saturated carbocycles. The number of carbonyl (C=O) groups excluding carboxylic acids is 1. The standard InChI is InChI=1S/C14H20O4/c1-5-18-13(15)14(3,16)10(2)11-6-8-12(17-4)9-7-11/h6-10,16H,5H2,1-4H3. The lowest BCUT2D eigenvalue weighted by Crippen LogP contribution is -2.41. The van der Waals surface area contributed by atoms with E-state index in [1.807, 2.05) is 12.1 Å². The summed E-state index contributed by atoms with van der Waals surface area (Å²) in [5.74, 6) is -0.225. The van der Waals surface area contributed by atoms with E-state index in [9.17, 15) is 9.90 Å². The van der Waals surface area contributed by atoms with Gasteiger partial charge in [-0.2, -0.15) is 0 Å². The highest BCUT2D eigenvalue weighted by atomic mass is 16.5. The fourth-order valence-electron chi connectivity index (χ4n) is 1.67. The topological polar surface area (TPSA) is 55.8 Å². The van der Waals surface area contributed by atoms with Crippen molar-refractivity contribution in [1.29, 1.82) is 0 Å². The molecule has 2 unspecified atom stereocenters. The molecule has 0 spiro atoms. The van der Waals surface area contributed by atoms with Crippen molar-refractivity contribution >= 4 is 5.97 Å². The van der Waals surface area contributed by atoms with Crippen molar-refractivity contribution in [3.05, 3.63) is 29.8 Å². The van der Waals surface area contributed by atoms with Crippen LogP contribution < -0.4 is 4.74 Å². The van der Waals surface area contributed by atoms with E-state index in [2.05, 4.69) is 0 Å². The van der Waals surface area contributed by atoms with Crippen molar-refractivity contribution in [1.82, 2.24) is 0 Å². The van der Waals surface area contributed by atoms with Gasteiger partial charge in [-0.05, 0) is 31.5 Å². The monoisotopic (exact) mass is 252 g/mol. The molecule has 0 aliphatic carbocycles. The van der Waals surface area contributed by atoms with E-state index in [-0.39, 0.29) is 12.5 Å². The highest BCUT2D eigenvalue weighted by Crippen LogP contribution is 2.30. The van der Waals surface area contributed by atoms with Gasteiger partial charge in [0, 0.05) is 5.92 Å². The first-order chi connectivity index (χ1) is 8.43. The molecule has 1 rings (SSSR count). The molecule has 0 saturated heterocycles. The quantitative estimate of drug-likeness (QED) is 0.815. The summed E-state index contributed by atoms with van der Waals surface area (Å²) in [6.07, 6.45) is 0. The molecule has 100 valence electrons. The summed E-state index contributed by atoms with van der Waals surface area (Å²) in [7, 11) is 1.59. The number of benzene rings is 1. The first-order valence-electron chi connectivity index (χ1n) is 5.97. The number of rotatable bonds is 5. The van der Waals surface area contributed by atoms with E-state index in [0.717, 1.165) is 11.3 Å². The number of carbonyl (C=O) groups is 1. The van der Waals surface area contributed by atoms with Gasteiger partial charge in [-0.15, -0.1) is 0 Å². The molecule has 4 nitrogen and oxygen atoms in total. The molecule has 0 fully saturated rings. The largest absolute Gasteiger partial charge is 0.497 e. The van der Waals surface area contributed by atoms with Crippen LogP contribution in [0.25, 0.3) is 0 Å². The SMILES string of the molecule is CCOC(=O)C(C)(O)C(C)c1ccc(OC)cc1. The van der Waals surface area contributed by atoms with Gasteiger partial charge in [0.05, 0.1) is 13.7 Å². The summed E-state index contributed by atoms with van der Waals surface area (Å²) in [5, 5.41) is 10.3. The van der Waals surface area contributed by atoms with Crippen molar-refractivity contribution in [2.75, 3.05) is 13.7 Å². The fraction of sp³-hybridized carbons (Fsp3) is 0.500. The van der Waals surface area contributed by atoms with Gasteiger partial charge in [-0.1, -0.05) is 19.1 Å². The van der Waals surface area contributed by atoms with Gasteiger partial charge >= 0.3 is 5.97 Å². The van der Waals surface area contributed by atoms with Crippen molar-refractivity contribution in [2.24, 2.45) is 0 Å². The third kappa shape index (κ3) is 3.01. The maximum absolute atomic E-state index is 11.7. The van der Waals surface area contributed by atoms with Gasteiger partial charge in [0.15, 0.2) is 5.60 Å². The fourth-order valence-corrected chi connectivity index (χ4v) is 1.67. The van der Waals surface area contributed by atoms with Gasteiger partial charge in [0.2, 0.25) is 0 Å². The summed E-state index contributed by atoms with van der Waals surface area (Å²) in [6.45, 7) is 5.23. The minimum absolute atomic E-state index is 0.254. The van der Waals surface area contributed by atoms with Crippen LogP contribution in [0.3, 0.4) is 0 Å². The lowest BCUT2D eigenvalue weighted by atomic mass is 9.85. The maximum atomic E-state index is 11.7. The van der Waals surface area contributed by atoms with Crippen LogP contribution in [0.15, 0.2) is 24.3 Å². The Kier molecular flexibility index (Phi) is 4.73. The summed E-state index contributed by atoms with van der Waals surface area (Å²) in [6, 6.07) is 7.26. The number of esters is 1. The summed E-state index contributed by atoms with van der Waals surface area (Å²) in [4.78, 5) is 11.7. The number of hydrogen-bond acceptors (Lipinski definition) is 4. The highest BCUT2D eigenvalue weighted by molar-refractivity contribution is 5.80. The van der Waals surface area contributed by atoms with E-state index in [4.69, 9.17) is 9.47 Å². The first kappa shape index (κ1) is 14.5. The maximum Gasteiger partial charge on any atom is 0.338 e. The summed E-state index contributed by atoms with van der Waals surface area (Å²) >= 11 is 0. The zero-order valence-electron chi connectivity index (χ0n) is 11.3. The molecular weight excluding hydrogens is 232 g/mol. The first-order valence-corrected chi connectivity index (χ1v) is 5.97. The molecule has 0 amide bonds. The predicted octanol–water partition coefficient (Wildman–Crippen LogP) is 2.11.